The van der Waals surface area contributed by atoms with Crippen molar-refractivity contribution >= 4 is 23.5 Å². The van der Waals surface area contributed by atoms with Crippen molar-refractivity contribution in [2.24, 2.45) is 0 Å². The second-order valence-electron chi connectivity index (χ2n) is 3.99. The quantitative estimate of drug-likeness (QED) is 0.699. The summed E-state index contributed by atoms with van der Waals surface area (Å²) in [6.07, 6.45) is 0. The molecular formula is C13H16N2O5. The largest absolute Gasteiger partial charge is 0.480 e. The van der Waals surface area contributed by atoms with Crippen LogP contribution in [0.3, 0.4) is 0 Å². The van der Waals surface area contributed by atoms with Gasteiger partial charge < -0.3 is 20.5 Å². The first-order valence-electron chi connectivity index (χ1n) is 5.86. The summed E-state index contributed by atoms with van der Waals surface area (Å²) in [4.78, 5) is 33.4. The molecular weight excluding hydrogens is 264 g/mol. The first-order valence-corrected chi connectivity index (χ1v) is 5.86. The summed E-state index contributed by atoms with van der Waals surface area (Å²) in [6, 6.07) is 4.94. The van der Waals surface area contributed by atoms with E-state index in [0.29, 0.717) is 16.8 Å². The Kier molecular flexibility index (Phi) is 5.67. The van der Waals surface area contributed by atoms with Gasteiger partial charge in [-0.1, -0.05) is 6.07 Å². The highest BCUT2D eigenvalue weighted by molar-refractivity contribution is 5.99. The fourth-order valence-corrected chi connectivity index (χ4v) is 1.57. The molecule has 1 rings (SSSR count). The summed E-state index contributed by atoms with van der Waals surface area (Å²) in [5, 5.41) is 13.5. The average molecular weight is 280 g/mol. The normalized spacial score (nSPS) is 9.90. The molecule has 0 aromatic heterocycles. The molecule has 20 heavy (non-hydrogen) atoms. The van der Waals surface area contributed by atoms with E-state index in [1.54, 1.807) is 25.1 Å². The smallest absolute Gasteiger partial charge is 0.329 e. The molecule has 0 unspecified atom stereocenters. The number of nitrogens with one attached hydrogen (secondary N) is 2. The van der Waals surface area contributed by atoms with Crippen LogP contribution in [-0.2, 0) is 14.3 Å². The van der Waals surface area contributed by atoms with Gasteiger partial charge in [0.2, 0.25) is 5.91 Å². The third kappa shape index (κ3) is 4.36. The minimum absolute atomic E-state index is 0.249. The third-order valence-corrected chi connectivity index (χ3v) is 2.54. The number of hydrogen-bond acceptors (Lipinski definition) is 4. The molecule has 2 amide bonds. The van der Waals surface area contributed by atoms with Gasteiger partial charge in [-0.2, -0.15) is 0 Å². The fraction of sp³-hybridized carbons (Fsp3) is 0.308. The number of carbonyl (C=O) groups excluding carboxylic acids is 2. The van der Waals surface area contributed by atoms with E-state index in [9.17, 15) is 14.4 Å². The zero-order valence-electron chi connectivity index (χ0n) is 11.2. The molecule has 0 bridgehead atoms. The van der Waals surface area contributed by atoms with Crippen molar-refractivity contribution < 1.29 is 24.2 Å². The van der Waals surface area contributed by atoms with Crippen LogP contribution in [0.1, 0.15) is 15.9 Å². The topological polar surface area (TPSA) is 105 Å². The molecule has 0 saturated heterocycles. The van der Waals surface area contributed by atoms with Crippen LogP contribution in [-0.4, -0.2) is 43.2 Å². The Morgan fingerprint density at radius 3 is 2.55 bits per heavy atom. The molecule has 0 atom stereocenters. The van der Waals surface area contributed by atoms with Gasteiger partial charge in [-0.05, 0) is 24.6 Å². The van der Waals surface area contributed by atoms with Gasteiger partial charge in [-0.25, -0.2) is 4.79 Å². The van der Waals surface area contributed by atoms with Crippen molar-refractivity contribution in [3.63, 3.8) is 0 Å². The zero-order chi connectivity index (χ0) is 15.1. The summed E-state index contributed by atoms with van der Waals surface area (Å²) >= 11 is 0. The maximum Gasteiger partial charge on any atom is 0.329 e. The monoisotopic (exact) mass is 280 g/mol. The number of carboxylic acids is 1. The van der Waals surface area contributed by atoms with Crippen molar-refractivity contribution in [1.29, 1.82) is 0 Å². The van der Waals surface area contributed by atoms with Gasteiger partial charge >= 0.3 is 5.97 Å². The first kappa shape index (κ1) is 15.6. The van der Waals surface area contributed by atoms with Crippen LogP contribution in [0.25, 0.3) is 0 Å². The molecule has 0 heterocycles. The molecule has 1 aromatic carbocycles. The molecule has 0 fully saturated rings. The Labute approximate surface area is 115 Å². The highest BCUT2D eigenvalue weighted by Gasteiger charge is 2.12. The lowest BCUT2D eigenvalue weighted by atomic mass is 10.1. The lowest BCUT2D eigenvalue weighted by Crippen LogP contribution is -2.23. The standard InChI is InChI=1S/C13H16N2O5/c1-8-9(13(19)14-2)4-3-5-10(8)15-11(16)6-20-7-12(17)18/h3-5H,6-7H2,1-2H3,(H,14,19)(H,15,16)(H,17,18). The summed E-state index contributed by atoms with van der Waals surface area (Å²) in [6.45, 7) is 0.804. The number of benzene rings is 1. The van der Waals surface area contributed by atoms with E-state index in [0.717, 1.165) is 0 Å². The number of amides is 2. The molecule has 0 spiro atoms. The molecule has 7 nitrogen and oxygen atoms in total. The minimum atomic E-state index is -1.14. The van der Waals surface area contributed by atoms with Gasteiger partial charge in [0, 0.05) is 18.3 Å². The second kappa shape index (κ2) is 7.25. The Balaban J connectivity index is 2.70. The van der Waals surface area contributed by atoms with Crippen molar-refractivity contribution in [1.82, 2.24) is 5.32 Å². The van der Waals surface area contributed by atoms with Crippen LogP contribution in [0.2, 0.25) is 0 Å². The highest BCUT2D eigenvalue weighted by atomic mass is 16.5. The van der Waals surface area contributed by atoms with Crippen LogP contribution >= 0.6 is 0 Å². The summed E-state index contributed by atoms with van der Waals surface area (Å²) in [5.74, 6) is -1.88. The van der Waals surface area contributed by atoms with E-state index in [1.165, 1.54) is 7.05 Å². The highest BCUT2D eigenvalue weighted by Crippen LogP contribution is 2.18. The van der Waals surface area contributed by atoms with Gasteiger partial charge in [0.05, 0.1) is 0 Å². The van der Waals surface area contributed by atoms with Gasteiger partial charge in [0.1, 0.15) is 13.2 Å². The number of aliphatic carboxylic acids is 1. The summed E-state index contributed by atoms with van der Waals surface area (Å²) < 4.78 is 4.68. The van der Waals surface area contributed by atoms with Crippen molar-refractivity contribution in [3.8, 4) is 0 Å². The van der Waals surface area contributed by atoms with Crippen LogP contribution in [0.15, 0.2) is 18.2 Å². The van der Waals surface area contributed by atoms with E-state index < -0.39 is 18.5 Å². The molecule has 0 aliphatic carbocycles. The summed E-state index contributed by atoms with van der Waals surface area (Å²) in [5.41, 5.74) is 1.56. The third-order valence-electron chi connectivity index (χ3n) is 2.54. The predicted molar refractivity (Wildman–Crippen MR) is 71.7 cm³/mol. The van der Waals surface area contributed by atoms with Crippen LogP contribution in [0.4, 0.5) is 5.69 Å². The Hall–Kier alpha value is -2.41. The van der Waals surface area contributed by atoms with Crippen LogP contribution in [0, 0.1) is 6.92 Å². The number of anilines is 1. The molecule has 0 aliphatic heterocycles. The van der Waals surface area contributed by atoms with E-state index >= 15 is 0 Å². The number of ether oxygens (including phenoxy) is 1. The molecule has 108 valence electrons. The zero-order valence-corrected chi connectivity index (χ0v) is 11.2. The number of rotatable bonds is 6. The van der Waals surface area contributed by atoms with Crippen molar-refractivity contribution in [3.05, 3.63) is 29.3 Å². The van der Waals surface area contributed by atoms with E-state index in [4.69, 9.17) is 5.11 Å². The summed E-state index contributed by atoms with van der Waals surface area (Å²) in [7, 11) is 1.52. The molecule has 7 heteroatoms. The van der Waals surface area contributed by atoms with Gasteiger partial charge in [-0.3, -0.25) is 9.59 Å². The molecule has 0 radical (unpaired) electrons. The Bertz CT molecular complexity index is 527. The van der Waals surface area contributed by atoms with Gasteiger partial charge in [0.15, 0.2) is 0 Å². The Morgan fingerprint density at radius 1 is 1.25 bits per heavy atom. The SMILES string of the molecule is CNC(=O)c1cccc(NC(=O)COCC(=O)O)c1C. The van der Waals surface area contributed by atoms with Gasteiger partial charge in [-0.15, -0.1) is 0 Å². The van der Waals surface area contributed by atoms with Crippen LogP contribution < -0.4 is 10.6 Å². The fourth-order valence-electron chi connectivity index (χ4n) is 1.57. The van der Waals surface area contributed by atoms with Gasteiger partial charge in [0.25, 0.3) is 5.91 Å². The minimum Gasteiger partial charge on any atom is -0.480 e. The molecule has 1 aromatic rings. The number of carboxylic acid groups (broad SMARTS) is 1. The van der Waals surface area contributed by atoms with Crippen molar-refractivity contribution in [2.45, 2.75) is 6.92 Å². The molecule has 0 aliphatic rings. The second-order valence-corrected chi connectivity index (χ2v) is 3.99. The average Bonchev–Trinajstić information content (AvgIpc) is 2.40. The maximum atomic E-state index is 11.6. The lowest BCUT2D eigenvalue weighted by molar-refractivity contribution is -0.143. The maximum absolute atomic E-state index is 11.6. The molecule has 0 saturated carbocycles. The predicted octanol–water partition coefficient (Wildman–Crippen LogP) is 0.394. The number of carbonyl (C=O) groups is 3. The number of hydrogen-bond donors (Lipinski definition) is 3. The lowest BCUT2D eigenvalue weighted by Gasteiger charge is -2.11. The molecule has 3 N–H and O–H groups in total. The first-order chi connectivity index (χ1) is 9.45. The van der Waals surface area contributed by atoms with Crippen molar-refractivity contribution in [2.75, 3.05) is 25.6 Å². The van der Waals surface area contributed by atoms with Crippen LogP contribution in [0.5, 0.6) is 0 Å². The van der Waals surface area contributed by atoms with E-state index in [1.807, 2.05) is 0 Å². The Morgan fingerprint density at radius 2 is 1.95 bits per heavy atom. The van der Waals surface area contributed by atoms with E-state index in [2.05, 4.69) is 15.4 Å². The van der Waals surface area contributed by atoms with E-state index in [-0.39, 0.29) is 12.5 Å².